The molecule has 9 nitrogen and oxygen atoms in total. The molecule has 2 heterocycles. The lowest BCUT2D eigenvalue weighted by Crippen LogP contribution is -2.64. The van der Waals surface area contributed by atoms with Gasteiger partial charge in [0.15, 0.2) is 24.8 Å². The molecule has 6 unspecified atom stereocenters. The lowest BCUT2D eigenvalue weighted by molar-refractivity contribution is -0.353. The molecule has 2 aliphatic rings. The van der Waals surface area contributed by atoms with Crippen molar-refractivity contribution in [2.24, 2.45) is 0 Å². The molecule has 0 aromatic heterocycles. The van der Waals surface area contributed by atoms with Gasteiger partial charge in [0, 0.05) is 12.7 Å². The van der Waals surface area contributed by atoms with Gasteiger partial charge in [-0.05, 0) is 31.2 Å². The summed E-state index contributed by atoms with van der Waals surface area (Å²) in [6, 6.07) is 23.8. The minimum absolute atomic E-state index is 0.0525. The quantitative estimate of drug-likeness (QED) is 0.327. The van der Waals surface area contributed by atoms with Gasteiger partial charge in [-0.3, -0.25) is 4.18 Å². The predicted octanol–water partition coefficient (Wildman–Crippen LogP) is 3.78. The van der Waals surface area contributed by atoms with Crippen molar-refractivity contribution >= 4 is 16.1 Å². The first-order valence-corrected chi connectivity index (χ1v) is 13.5. The van der Waals surface area contributed by atoms with Crippen LogP contribution in [0.1, 0.15) is 27.8 Å². The maximum Gasteiger partial charge on any atom is 0.338 e. The normalized spacial score (nSPS) is 27.3. The summed E-state index contributed by atoms with van der Waals surface area (Å²) in [7, 11) is -2.94. The maximum absolute atomic E-state index is 13.3. The van der Waals surface area contributed by atoms with Gasteiger partial charge in [0.25, 0.3) is 10.1 Å². The first-order chi connectivity index (χ1) is 18.4. The predicted molar refractivity (Wildman–Crippen MR) is 135 cm³/mol. The van der Waals surface area contributed by atoms with Gasteiger partial charge in [-0.1, -0.05) is 66.2 Å². The molecule has 0 spiro atoms. The summed E-state index contributed by atoms with van der Waals surface area (Å²) in [6.07, 6.45) is -6.17. The van der Waals surface area contributed by atoms with Gasteiger partial charge in [0.1, 0.15) is 12.2 Å². The highest BCUT2D eigenvalue weighted by Gasteiger charge is 2.54. The molecule has 0 aliphatic carbocycles. The second-order valence-electron chi connectivity index (χ2n) is 9.02. The van der Waals surface area contributed by atoms with Crippen LogP contribution in [0.25, 0.3) is 0 Å². The van der Waals surface area contributed by atoms with E-state index in [9.17, 15) is 13.2 Å². The number of benzene rings is 3. The van der Waals surface area contributed by atoms with Gasteiger partial charge >= 0.3 is 5.97 Å². The van der Waals surface area contributed by atoms with Crippen LogP contribution < -0.4 is 0 Å². The number of carbonyl (C=O) groups excluding carboxylic acids is 1. The number of carbonyl (C=O) groups is 1. The van der Waals surface area contributed by atoms with Gasteiger partial charge in [0.2, 0.25) is 0 Å². The third-order valence-corrected chi connectivity index (χ3v) is 7.71. The molecule has 0 N–H and O–H groups in total. The van der Waals surface area contributed by atoms with Crippen LogP contribution in [-0.2, 0) is 38.0 Å². The Hall–Kier alpha value is -3.12. The molecular formula is C28H28O9S. The number of rotatable bonds is 7. The number of ether oxygens (including phenoxy) is 5. The Balaban J connectivity index is 1.49. The second-order valence-corrected chi connectivity index (χ2v) is 10.6. The van der Waals surface area contributed by atoms with Gasteiger partial charge in [0.05, 0.1) is 17.1 Å². The number of hydrogen-bond donors (Lipinski definition) is 0. The summed E-state index contributed by atoms with van der Waals surface area (Å²) in [5, 5.41) is 0. The second kappa shape index (κ2) is 11.3. The molecule has 0 bridgehead atoms. The lowest BCUT2D eigenvalue weighted by Gasteiger charge is -2.47. The van der Waals surface area contributed by atoms with E-state index in [-0.39, 0.29) is 17.1 Å². The van der Waals surface area contributed by atoms with Crippen LogP contribution in [0.4, 0.5) is 0 Å². The monoisotopic (exact) mass is 540 g/mol. The zero-order valence-corrected chi connectivity index (χ0v) is 21.7. The molecule has 3 aromatic carbocycles. The number of hydrogen-bond acceptors (Lipinski definition) is 9. The van der Waals surface area contributed by atoms with Crippen LogP contribution in [0.2, 0.25) is 0 Å². The molecule has 0 amide bonds. The van der Waals surface area contributed by atoms with Crippen LogP contribution in [-0.4, -0.2) is 58.8 Å². The van der Waals surface area contributed by atoms with Crippen molar-refractivity contribution in [2.75, 3.05) is 13.7 Å². The Labute approximate surface area is 221 Å². The topological polar surface area (TPSA) is 107 Å². The minimum atomic E-state index is -4.29. The highest BCUT2D eigenvalue weighted by Crippen LogP contribution is 2.37. The summed E-state index contributed by atoms with van der Waals surface area (Å²) in [5.41, 5.74) is 1.92. The summed E-state index contributed by atoms with van der Waals surface area (Å²) < 4.78 is 61.7. The van der Waals surface area contributed by atoms with Gasteiger partial charge in [-0.15, -0.1) is 0 Å². The highest BCUT2D eigenvalue weighted by atomic mass is 32.2. The summed E-state index contributed by atoms with van der Waals surface area (Å²) in [6.45, 7) is 1.94. The molecule has 38 heavy (non-hydrogen) atoms. The SMILES string of the molecule is COC1OC2COC(c3ccccc3)OC2C(OC(=O)c2ccccc2)C1OS(=O)(=O)c1ccc(C)cc1. The molecule has 2 aliphatic heterocycles. The smallest absolute Gasteiger partial charge is 0.338 e. The van der Waals surface area contributed by atoms with Crippen molar-refractivity contribution in [3.63, 3.8) is 0 Å². The lowest BCUT2D eigenvalue weighted by atomic mass is 9.97. The van der Waals surface area contributed by atoms with Crippen molar-refractivity contribution in [1.82, 2.24) is 0 Å². The summed E-state index contributed by atoms with van der Waals surface area (Å²) >= 11 is 0. The van der Waals surface area contributed by atoms with Crippen molar-refractivity contribution in [1.29, 1.82) is 0 Å². The number of fused-ring (bicyclic) bond motifs is 1. The van der Waals surface area contributed by atoms with Crippen molar-refractivity contribution in [3.8, 4) is 0 Å². The Morgan fingerprint density at radius 1 is 0.868 bits per heavy atom. The van der Waals surface area contributed by atoms with E-state index in [1.807, 2.05) is 37.3 Å². The number of aryl methyl sites for hydroxylation is 1. The zero-order chi connectivity index (χ0) is 26.7. The van der Waals surface area contributed by atoms with E-state index in [0.29, 0.717) is 0 Å². The van der Waals surface area contributed by atoms with Crippen LogP contribution in [0.15, 0.2) is 89.8 Å². The van der Waals surface area contributed by atoms with E-state index >= 15 is 0 Å². The maximum atomic E-state index is 13.3. The summed E-state index contributed by atoms with van der Waals surface area (Å²) in [4.78, 5) is 13.1. The number of methoxy groups -OCH3 is 1. The molecule has 0 radical (unpaired) electrons. The van der Waals surface area contributed by atoms with E-state index in [4.69, 9.17) is 27.9 Å². The van der Waals surface area contributed by atoms with E-state index in [1.165, 1.54) is 19.2 Å². The first-order valence-electron chi connectivity index (χ1n) is 12.1. The molecule has 10 heteroatoms. The molecule has 2 fully saturated rings. The summed E-state index contributed by atoms with van der Waals surface area (Å²) in [5.74, 6) is -0.668. The standard InChI is InChI=1S/C28H28O9S/c1-18-13-15-21(16-14-18)38(30,31)37-25-24(35-26(29)19-9-5-3-6-10-19)23-22(34-28(25)32-2)17-33-27(36-23)20-11-7-4-8-12-20/h3-16,22-25,27-28H,17H2,1-2H3. The third kappa shape index (κ3) is 5.65. The third-order valence-electron chi connectivity index (χ3n) is 6.39. The van der Waals surface area contributed by atoms with Crippen LogP contribution >= 0.6 is 0 Å². The fourth-order valence-electron chi connectivity index (χ4n) is 4.43. The van der Waals surface area contributed by atoms with Gasteiger partial charge < -0.3 is 23.7 Å². The fraction of sp³-hybridized carbons (Fsp3) is 0.321. The van der Waals surface area contributed by atoms with E-state index in [0.717, 1.165) is 11.1 Å². The highest BCUT2D eigenvalue weighted by molar-refractivity contribution is 7.86. The van der Waals surface area contributed by atoms with Crippen LogP contribution in [0.5, 0.6) is 0 Å². The van der Waals surface area contributed by atoms with Gasteiger partial charge in [-0.2, -0.15) is 8.42 Å². The van der Waals surface area contributed by atoms with Crippen LogP contribution in [0.3, 0.4) is 0 Å². The largest absolute Gasteiger partial charge is 0.453 e. The molecular weight excluding hydrogens is 512 g/mol. The Kier molecular flexibility index (Phi) is 7.89. The Morgan fingerprint density at radius 3 is 2.18 bits per heavy atom. The van der Waals surface area contributed by atoms with E-state index in [1.54, 1.807) is 42.5 Å². The van der Waals surface area contributed by atoms with Crippen LogP contribution in [0, 0.1) is 6.92 Å². The van der Waals surface area contributed by atoms with E-state index < -0.39 is 53.1 Å². The van der Waals surface area contributed by atoms with Gasteiger partial charge in [-0.25, -0.2) is 4.79 Å². The molecule has 200 valence electrons. The molecule has 0 saturated carbocycles. The molecule has 6 atom stereocenters. The molecule has 3 aromatic rings. The van der Waals surface area contributed by atoms with Crippen molar-refractivity contribution < 1.29 is 41.1 Å². The van der Waals surface area contributed by atoms with E-state index in [2.05, 4.69) is 0 Å². The minimum Gasteiger partial charge on any atom is -0.453 e. The fourth-order valence-corrected chi connectivity index (χ4v) is 5.50. The van der Waals surface area contributed by atoms with Crippen molar-refractivity contribution in [2.45, 2.75) is 48.8 Å². The molecule has 2 saturated heterocycles. The average molecular weight is 541 g/mol. The zero-order valence-electron chi connectivity index (χ0n) is 20.8. The first kappa shape index (κ1) is 26.5. The number of esters is 1. The average Bonchev–Trinajstić information content (AvgIpc) is 2.94. The Bertz CT molecular complexity index is 1330. The Morgan fingerprint density at radius 2 is 1.53 bits per heavy atom. The molecule has 5 rings (SSSR count). The van der Waals surface area contributed by atoms with Crippen molar-refractivity contribution in [3.05, 3.63) is 102 Å².